The molecule has 0 spiro atoms. The lowest BCUT2D eigenvalue weighted by Gasteiger charge is -2.07. The fourth-order valence-corrected chi connectivity index (χ4v) is 1.70. The first-order valence-electron chi connectivity index (χ1n) is 6.13. The van der Waals surface area contributed by atoms with Gasteiger partial charge in [0.05, 0.1) is 12.2 Å². The number of hydrogen-bond donors (Lipinski definition) is 2. The Hall–Kier alpha value is -2.43. The molecule has 0 aliphatic carbocycles. The molecule has 5 heteroatoms. The highest BCUT2D eigenvalue weighted by Gasteiger charge is 2.08. The van der Waals surface area contributed by atoms with Crippen LogP contribution in [0.4, 0.5) is 5.82 Å². The smallest absolute Gasteiger partial charge is 0.251 e. The van der Waals surface area contributed by atoms with E-state index in [9.17, 15) is 4.79 Å². The van der Waals surface area contributed by atoms with Gasteiger partial charge in [-0.05, 0) is 30.7 Å². The number of rotatable bonds is 4. The van der Waals surface area contributed by atoms with Crippen LogP contribution in [0, 0.1) is 0 Å². The number of nitrogens with one attached hydrogen (secondary N) is 1. The van der Waals surface area contributed by atoms with E-state index in [0.717, 1.165) is 17.8 Å². The molecule has 19 heavy (non-hydrogen) atoms. The molecule has 2 rings (SSSR count). The van der Waals surface area contributed by atoms with E-state index in [1.807, 2.05) is 25.1 Å². The monoisotopic (exact) mass is 256 g/mol. The Bertz CT molecular complexity index is 569. The first kappa shape index (κ1) is 13.0. The van der Waals surface area contributed by atoms with Crippen molar-refractivity contribution in [2.75, 3.05) is 5.73 Å². The van der Waals surface area contributed by atoms with Gasteiger partial charge in [0.1, 0.15) is 5.82 Å². The molecule has 0 atom stereocenters. The molecular formula is C14H16N4O. The van der Waals surface area contributed by atoms with Crippen molar-refractivity contribution >= 4 is 11.7 Å². The van der Waals surface area contributed by atoms with Gasteiger partial charge in [0.25, 0.3) is 5.91 Å². The molecule has 2 aromatic heterocycles. The zero-order chi connectivity index (χ0) is 13.7. The van der Waals surface area contributed by atoms with Crippen molar-refractivity contribution < 1.29 is 4.79 Å². The molecule has 0 unspecified atom stereocenters. The van der Waals surface area contributed by atoms with E-state index in [-0.39, 0.29) is 5.91 Å². The van der Waals surface area contributed by atoms with Gasteiger partial charge in [-0.25, -0.2) is 4.98 Å². The van der Waals surface area contributed by atoms with E-state index in [2.05, 4.69) is 15.3 Å². The van der Waals surface area contributed by atoms with Crippen LogP contribution in [-0.2, 0) is 13.0 Å². The summed E-state index contributed by atoms with van der Waals surface area (Å²) in [5.74, 6) is 0.191. The summed E-state index contributed by atoms with van der Waals surface area (Å²) in [6, 6.07) is 8.91. The summed E-state index contributed by atoms with van der Waals surface area (Å²) in [5, 5.41) is 2.81. The third-order valence-electron chi connectivity index (χ3n) is 2.68. The SMILES string of the molecule is CCc1cc(C(=O)NCc2ccccn2)cc(N)n1. The Morgan fingerprint density at radius 3 is 2.84 bits per heavy atom. The van der Waals surface area contributed by atoms with Gasteiger partial charge in [-0.2, -0.15) is 0 Å². The molecule has 2 aromatic rings. The second-order valence-corrected chi connectivity index (χ2v) is 4.13. The van der Waals surface area contributed by atoms with Crippen LogP contribution in [0.25, 0.3) is 0 Å². The number of pyridine rings is 2. The second kappa shape index (κ2) is 5.95. The van der Waals surface area contributed by atoms with Gasteiger partial charge < -0.3 is 11.1 Å². The summed E-state index contributed by atoms with van der Waals surface area (Å²) in [6.07, 6.45) is 2.44. The number of aryl methyl sites for hydroxylation is 1. The number of nitrogens with zero attached hydrogens (tertiary/aromatic N) is 2. The first-order valence-corrected chi connectivity index (χ1v) is 6.13. The van der Waals surface area contributed by atoms with E-state index in [0.29, 0.717) is 17.9 Å². The number of hydrogen-bond acceptors (Lipinski definition) is 4. The third-order valence-corrected chi connectivity index (χ3v) is 2.68. The van der Waals surface area contributed by atoms with Gasteiger partial charge in [0.15, 0.2) is 0 Å². The minimum absolute atomic E-state index is 0.172. The lowest BCUT2D eigenvalue weighted by molar-refractivity contribution is 0.0950. The molecule has 0 fully saturated rings. The van der Waals surface area contributed by atoms with Crippen molar-refractivity contribution in [1.29, 1.82) is 0 Å². The molecular weight excluding hydrogens is 240 g/mol. The number of anilines is 1. The van der Waals surface area contributed by atoms with Crippen LogP contribution in [-0.4, -0.2) is 15.9 Å². The molecule has 0 aliphatic heterocycles. The lowest BCUT2D eigenvalue weighted by Crippen LogP contribution is -2.23. The molecule has 0 bridgehead atoms. The maximum atomic E-state index is 12.0. The molecule has 0 saturated carbocycles. The predicted octanol–water partition coefficient (Wildman–Crippen LogP) is 1.55. The number of aromatic nitrogens is 2. The van der Waals surface area contributed by atoms with Gasteiger partial charge in [0, 0.05) is 17.5 Å². The molecule has 0 saturated heterocycles. The summed E-state index contributed by atoms with van der Waals surface area (Å²) in [5.41, 5.74) is 7.83. The van der Waals surface area contributed by atoms with Crippen molar-refractivity contribution in [3.05, 3.63) is 53.5 Å². The molecule has 0 aromatic carbocycles. The van der Waals surface area contributed by atoms with Crippen molar-refractivity contribution in [3.63, 3.8) is 0 Å². The summed E-state index contributed by atoms with van der Waals surface area (Å²) < 4.78 is 0. The topological polar surface area (TPSA) is 80.9 Å². The van der Waals surface area contributed by atoms with Crippen molar-refractivity contribution in [2.24, 2.45) is 0 Å². The molecule has 5 nitrogen and oxygen atoms in total. The summed E-state index contributed by atoms with van der Waals surface area (Å²) in [4.78, 5) is 20.3. The Morgan fingerprint density at radius 2 is 2.16 bits per heavy atom. The molecule has 0 radical (unpaired) electrons. The Balaban J connectivity index is 2.06. The lowest BCUT2D eigenvalue weighted by atomic mass is 10.2. The van der Waals surface area contributed by atoms with Crippen LogP contribution in [0.1, 0.15) is 28.7 Å². The molecule has 2 heterocycles. The molecule has 98 valence electrons. The molecule has 3 N–H and O–H groups in total. The first-order chi connectivity index (χ1) is 9.19. The van der Waals surface area contributed by atoms with E-state index >= 15 is 0 Å². The Labute approximate surface area is 111 Å². The molecule has 0 aliphatic rings. The summed E-state index contributed by atoms with van der Waals surface area (Å²) in [7, 11) is 0. The van der Waals surface area contributed by atoms with Gasteiger partial charge in [-0.3, -0.25) is 9.78 Å². The number of carbonyl (C=O) groups excluding carboxylic acids is 1. The van der Waals surface area contributed by atoms with Crippen molar-refractivity contribution in [1.82, 2.24) is 15.3 Å². The fraction of sp³-hybridized carbons (Fsp3) is 0.214. The van der Waals surface area contributed by atoms with Gasteiger partial charge >= 0.3 is 0 Å². The fourth-order valence-electron chi connectivity index (χ4n) is 1.70. The van der Waals surface area contributed by atoms with Crippen LogP contribution >= 0.6 is 0 Å². The van der Waals surface area contributed by atoms with E-state index < -0.39 is 0 Å². The number of nitrogens with two attached hydrogens (primary N) is 1. The molecule has 1 amide bonds. The summed E-state index contributed by atoms with van der Waals surface area (Å²) >= 11 is 0. The van der Waals surface area contributed by atoms with Gasteiger partial charge in [-0.1, -0.05) is 13.0 Å². The zero-order valence-electron chi connectivity index (χ0n) is 10.8. The number of nitrogen functional groups attached to an aromatic ring is 1. The average Bonchev–Trinajstić information content (AvgIpc) is 2.45. The van der Waals surface area contributed by atoms with Gasteiger partial charge in [0.2, 0.25) is 0 Å². The van der Waals surface area contributed by atoms with Crippen LogP contribution in [0.5, 0.6) is 0 Å². The maximum Gasteiger partial charge on any atom is 0.251 e. The van der Waals surface area contributed by atoms with Crippen LogP contribution in [0.2, 0.25) is 0 Å². The standard InChI is InChI=1S/C14H16N4O/c1-2-11-7-10(8-13(15)18-11)14(19)17-9-12-5-3-4-6-16-12/h3-8H,2,9H2,1H3,(H2,15,18)(H,17,19). The minimum atomic E-state index is -0.172. The van der Waals surface area contributed by atoms with Crippen LogP contribution < -0.4 is 11.1 Å². The van der Waals surface area contributed by atoms with Crippen LogP contribution in [0.15, 0.2) is 36.5 Å². The van der Waals surface area contributed by atoms with E-state index in [1.54, 1.807) is 18.3 Å². The minimum Gasteiger partial charge on any atom is -0.384 e. The van der Waals surface area contributed by atoms with Crippen LogP contribution in [0.3, 0.4) is 0 Å². The number of carbonyl (C=O) groups is 1. The summed E-state index contributed by atoms with van der Waals surface area (Å²) in [6.45, 7) is 2.36. The zero-order valence-corrected chi connectivity index (χ0v) is 10.8. The second-order valence-electron chi connectivity index (χ2n) is 4.13. The Kier molecular flexibility index (Phi) is 4.07. The Morgan fingerprint density at radius 1 is 1.32 bits per heavy atom. The van der Waals surface area contributed by atoms with E-state index in [4.69, 9.17) is 5.73 Å². The largest absolute Gasteiger partial charge is 0.384 e. The van der Waals surface area contributed by atoms with Gasteiger partial charge in [-0.15, -0.1) is 0 Å². The maximum absolute atomic E-state index is 12.0. The highest BCUT2D eigenvalue weighted by atomic mass is 16.1. The number of amides is 1. The van der Waals surface area contributed by atoms with E-state index in [1.165, 1.54) is 0 Å². The van der Waals surface area contributed by atoms with Crippen molar-refractivity contribution in [2.45, 2.75) is 19.9 Å². The third kappa shape index (κ3) is 3.51. The predicted molar refractivity (Wildman–Crippen MR) is 73.4 cm³/mol. The normalized spacial score (nSPS) is 10.2. The quantitative estimate of drug-likeness (QED) is 0.869. The highest BCUT2D eigenvalue weighted by molar-refractivity contribution is 5.94. The average molecular weight is 256 g/mol. The van der Waals surface area contributed by atoms with Crippen molar-refractivity contribution in [3.8, 4) is 0 Å². The highest BCUT2D eigenvalue weighted by Crippen LogP contribution is 2.08.